The second-order valence-electron chi connectivity index (χ2n) is 5.77. The highest BCUT2D eigenvalue weighted by molar-refractivity contribution is 4.98. The number of piperazine rings is 1. The largest absolute Gasteiger partial charge is 0.469 e. The van der Waals surface area contributed by atoms with Gasteiger partial charge in [-0.15, -0.1) is 0 Å². The van der Waals surface area contributed by atoms with Gasteiger partial charge in [-0.3, -0.25) is 4.90 Å². The van der Waals surface area contributed by atoms with E-state index in [1.54, 1.807) is 6.26 Å². The maximum atomic E-state index is 5.40. The zero-order valence-corrected chi connectivity index (χ0v) is 11.9. The monoisotopic (exact) mass is 250 g/mol. The van der Waals surface area contributed by atoms with Crippen molar-refractivity contribution in [3.05, 3.63) is 24.2 Å². The molecule has 1 fully saturated rings. The van der Waals surface area contributed by atoms with Crippen LogP contribution in [0, 0.1) is 5.92 Å². The van der Waals surface area contributed by atoms with Crippen LogP contribution in [0.15, 0.2) is 22.8 Å². The highest BCUT2D eigenvalue weighted by atomic mass is 16.3. The molecule has 0 aromatic carbocycles. The molecule has 1 aliphatic heterocycles. The fourth-order valence-electron chi connectivity index (χ4n) is 2.64. The summed E-state index contributed by atoms with van der Waals surface area (Å²) >= 11 is 0. The molecule has 1 aliphatic rings. The number of nitrogens with zero attached hydrogens (tertiary/aromatic N) is 1. The van der Waals surface area contributed by atoms with E-state index in [1.165, 1.54) is 19.5 Å². The fraction of sp³-hybridized carbons (Fsp3) is 0.733. The summed E-state index contributed by atoms with van der Waals surface area (Å²) in [5, 5.41) is 3.61. The average Bonchev–Trinajstić information content (AvgIpc) is 2.89. The fourth-order valence-corrected chi connectivity index (χ4v) is 2.64. The van der Waals surface area contributed by atoms with Crippen molar-refractivity contribution in [1.29, 1.82) is 0 Å². The van der Waals surface area contributed by atoms with E-state index in [2.05, 4.69) is 37.1 Å². The lowest BCUT2D eigenvalue weighted by atomic mass is 10.00. The van der Waals surface area contributed by atoms with Crippen molar-refractivity contribution in [2.45, 2.75) is 45.7 Å². The van der Waals surface area contributed by atoms with Crippen molar-refractivity contribution in [1.82, 2.24) is 10.2 Å². The third-order valence-electron chi connectivity index (χ3n) is 4.05. The van der Waals surface area contributed by atoms with E-state index in [4.69, 9.17) is 4.42 Å². The number of rotatable bonds is 5. The normalized spacial score (nSPS) is 23.4. The van der Waals surface area contributed by atoms with Crippen LogP contribution in [-0.2, 0) is 6.42 Å². The summed E-state index contributed by atoms with van der Waals surface area (Å²) in [5.74, 6) is 1.82. The molecule has 1 aromatic rings. The maximum absolute atomic E-state index is 5.40. The number of aryl methyl sites for hydroxylation is 1. The zero-order valence-electron chi connectivity index (χ0n) is 11.9. The van der Waals surface area contributed by atoms with Gasteiger partial charge in [0.25, 0.3) is 0 Å². The van der Waals surface area contributed by atoms with E-state index in [0.717, 1.165) is 18.7 Å². The molecule has 1 aromatic heterocycles. The van der Waals surface area contributed by atoms with Gasteiger partial charge in [-0.1, -0.05) is 13.8 Å². The van der Waals surface area contributed by atoms with E-state index >= 15 is 0 Å². The predicted molar refractivity (Wildman–Crippen MR) is 74.7 cm³/mol. The molecular weight excluding hydrogens is 224 g/mol. The number of hydrogen-bond donors (Lipinski definition) is 1. The summed E-state index contributed by atoms with van der Waals surface area (Å²) in [4.78, 5) is 2.62. The van der Waals surface area contributed by atoms with Gasteiger partial charge in [0.05, 0.1) is 6.26 Å². The van der Waals surface area contributed by atoms with Gasteiger partial charge in [-0.2, -0.15) is 0 Å². The Morgan fingerprint density at radius 1 is 1.44 bits per heavy atom. The first kappa shape index (κ1) is 13.6. The smallest absolute Gasteiger partial charge is 0.103 e. The lowest BCUT2D eigenvalue weighted by Crippen LogP contribution is -2.55. The summed E-state index contributed by atoms with van der Waals surface area (Å²) in [7, 11) is 0. The summed E-state index contributed by atoms with van der Waals surface area (Å²) in [5.41, 5.74) is 0. The van der Waals surface area contributed by atoms with Crippen molar-refractivity contribution in [3.8, 4) is 0 Å². The van der Waals surface area contributed by atoms with Crippen LogP contribution in [0.5, 0.6) is 0 Å². The van der Waals surface area contributed by atoms with Crippen LogP contribution in [0.1, 0.15) is 33.0 Å². The van der Waals surface area contributed by atoms with Crippen molar-refractivity contribution >= 4 is 0 Å². The molecule has 2 atom stereocenters. The summed E-state index contributed by atoms with van der Waals surface area (Å²) in [6.07, 6.45) is 3.99. The van der Waals surface area contributed by atoms with Gasteiger partial charge >= 0.3 is 0 Å². The van der Waals surface area contributed by atoms with Crippen molar-refractivity contribution < 1.29 is 4.42 Å². The third kappa shape index (κ3) is 3.59. The molecule has 1 N–H and O–H groups in total. The second kappa shape index (κ2) is 6.39. The number of nitrogens with one attached hydrogen (secondary N) is 1. The van der Waals surface area contributed by atoms with Crippen LogP contribution in [0.2, 0.25) is 0 Å². The Hall–Kier alpha value is -0.800. The summed E-state index contributed by atoms with van der Waals surface area (Å²) in [6, 6.07) is 5.32. The molecule has 102 valence electrons. The molecule has 2 heterocycles. The molecular formula is C15H26N2O. The van der Waals surface area contributed by atoms with Gasteiger partial charge in [0.2, 0.25) is 0 Å². The van der Waals surface area contributed by atoms with Gasteiger partial charge in [0, 0.05) is 38.1 Å². The second-order valence-corrected chi connectivity index (χ2v) is 5.77. The molecule has 3 heteroatoms. The Morgan fingerprint density at radius 3 is 2.94 bits per heavy atom. The Balaban J connectivity index is 1.79. The minimum absolute atomic E-state index is 0.637. The van der Waals surface area contributed by atoms with Gasteiger partial charge in [-0.25, -0.2) is 0 Å². The first-order chi connectivity index (χ1) is 8.66. The molecule has 2 unspecified atom stereocenters. The predicted octanol–water partition coefficient (Wildman–Crippen LogP) is 2.53. The van der Waals surface area contributed by atoms with E-state index < -0.39 is 0 Å². The van der Waals surface area contributed by atoms with Crippen molar-refractivity contribution in [2.75, 3.05) is 19.6 Å². The lowest BCUT2D eigenvalue weighted by molar-refractivity contribution is 0.129. The molecule has 1 saturated heterocycles. The topological polar surface area (TPSA) is 28.4 Å². The first-order valence-electron chi connectivity index (χ1n) is 7.16. The van der Waals surface area contributed by atoms with E-state index in [1.807, 2.05) is 6.07 Å². The summed E-state index contributed by atoms with van der Waals surface area (Å²) in [6.45, 7) is 10.4. The van der Waals surface area contributed by atoms with E-state index in [9.17, 15) is 0 Å². The van der Waals surface area contributed by atoms with Crippen LogP contribution in [-0.4, -0.2) is 36.6 Å². The zero-order chi connectivity index (χ0) is 13.0. The third-order valence-corrected chi connectivity index (χ3v) is 4.05. The average molecular weight is 250 g/mol. The molecule has 3 nitrogen and oxygen atoms in total. The van der Waals surface area contributed by atoms with E-state index in [0.29, 0.717) is 18.0 Å². The number of hydrogen-bond acceptors (Lipinski definition) is 3. The Kier molecular flexibility index (Phi) is 4.84. The van der Waals surface area contributed by atoms with Crippen LogP contribution < -0.4 is 5.32 Å². The Bertz CT molecular complexity index is 334. The quantitative estimate of drug-likeness (QED) is 0.870. The standard InChI is InChI=1S/C15H26N2O/c1-12(2)15-11-17(9-8-16-15)13(3)6-7-14-5-4-10-18-14/h4-5,10,12-13,15-16H,6-9,11H2,1-3H3. The molecule has 18 heavy (non-hydrogen) atoms. The van der Waals surface area contributed by atoms with Crippen LogP contribution in [0.4, 0.5) is 0 Å². The maximum Gasteiger partial charge on any atom is 0.103 e. The van der Waals surface area contributed by atoms with Crippen LogP contribution in [0.25, 0.3) is 0 Å². The van der Waals surface area contributed by atoms with Gasteiger partial charge in [0.1, 0.15) is 5.76 Å². The van der Waals surface area contributed by atoms with Crippen LogP contribution in [0.3, 0.4) is 0 Å². The van der Waals surface area contributed by atoms with Crippen LogP contribution >= 0.6 is 0 Å². The molecule has 0 aliphatic carbocycles. The number of furan rings is 1. The molecule has 0 spiro atoms. The van der Waals surface area contributed by atoms with Crippen molar-refractivity contribution in [3.63, 3.8) is 0 Å². The van der Waals surface area contributed by atoms with Gasteiger partial charge in [-0.05, 0) is 31.4 Å². The Morgan fingerprint density at radius 2 is 2.28 bits per heavy atom. The van der Waals surface area contributed by atoms with Gasteiger partial charge < -0.3 is 9.73 Å². The van der Waals surface area contributed by atoms with Crippen molar-refractivity contribution in [2.24, 2.45) is 5.92 Å². The SMILES string of the molecule is CC(C)C1CN(C(C)CCc2ccco2)CCN1. The van der Waals surface area contributed by atoms with E-state index in [-0.39, 0.29) is 0 Å². The highest BCUT2D eigenvalue weighted by Crippen LogP contribution is 2.15. The lowest BCUT2D eigenvalue weighted by Gasteiger charge is -2.39. The summed E-state index contributed by atoms with van der Waals surface area (Å²) < 4.78 is 5.40. The molecule has 2 rings (SSSR count). The molecule has 0 bridgehead atoms. The molecule has 0 saturated carbocycles. The first-order valence-corrected chi connectivity index (χ1v) is 7.16. The highest BCUT2D eigenvalue weighted by Gasteiger charge is 2.24. The van der Waals surface area contributed by atoms with Gasteiger partial charge in [0.15, 0.2) is 0 Å². The molecule has 0 radical (unpaired) electrons. The minimum atomic E-state index is 0.637. The molecule has 0 amide bonds. The minimum Gasteiger partial charge on any atom is -0.469 e. The Labute approximate surface area is 111 Å².